The van der Waals surface area contributed by atoms with Crippen molar-refractivity contribution in [1.82, 2.24) is 0 Å². The average molecular weight is 273 g/mol. The van der Waals surface area contributed by atoms with Crippen LogP contribution in [0.3, 0.4) is 0 Å². The molecule has 18 heavy (non-hydrogen) atoms. The van der Waals surface area contributed by atoms with E-state index >= 15 is 0 Å². The minimum Gasteiger partial charge on any atom is -0.376 e. The molecule has 1 rings (SSSR count). The first-order chi connectivity index (χ1) is 8.43. The molecule has 0 amide bonds. The van der Waals surface area contributed by atoms with Gasteiger partial charge in [-0.15, -0.1) is 0 Å². The van der Waals surface area contributed by atoms with Crippen LogP contribution in [0.1, 0.15) is 26.7 Å². The van der Waals surface area contributed by atoms with Crippen LogP contribution in [0.2, 0.25) is 0 Å². The van der Waals surface area contributed by atoms with Crippen LogP contribution in [-0.4, -0.2) is 17.3 Å². The zero-order valence-corrected chi connectivity index (χ0v) is 11.8. The zero-order valence-electron chi connectivity index (χ0n) is 10.9. The Morgan fingerprint density at radius 2 is 2.00 bits per heavy atom. The van der Waals surface area contributed by atoms with E-state index in [2.05, 4.69) is 12.2 Å². The molecule has 0 saturated heterocycles. The van der Waals surface area contributed by atoms with Gasteiger partial charge in [0.2, 0.25) is 7.37 Å². The highest BCUT2D eigenvalue weighted by Gasteiger charge is 2.21. The molecule has 0 aromatic heterocycles. The van der Waals surface area contributed by atoms with Crippen molar-refractivity contribution < 1.29 is 13.8 Å². The monoisotopic (exact) mass is 273 g/mol. The molecule has 1 aromatic rings. The Labute approximate surface area is 108 Å². The minimum absolute atomic E-state index is 0.0344. The first-order valence-electron chi connectivity index (χ1n) is 6.23. The summed E-state index contributed by atoms with van der Waals surface area (Å²) >= 11 is 0. The van der Waals surface area contributed by atoms with Crippen molar-refractivity contribution >= 4 is 13.1 Å². The largest absolute Gasteiger partial charge is 0.376 e. The quantitative estimate of drug-likeness (QED) is 0.741. The topological polar surface area (TPSA) is 49.3 Å². The molecule has 0 aliphatic rings. The molecule has 3 nitrogen and oxygen atoms in total. The zero-order chi connectivity index (χ0) is 13.6. The number of benzene rings is 1. The molecule has 2 atom stereocenters. The lowest BCUT2D eigenvalue weighted by Crippen LogP contribution is -2.09. The maximum absolute atomic E-state index is 12.7. The SMILES string of the molecule is CCCC(C)CP(=O)(O)CNc1ccc(F)cc1. The van der Waals surface area contributed by atoms with Crippen LogP contribution in [0.5, 0.6) is 0 Å². The van der Waals surface area contributed by atoms with Crippen molar-refractivity contribution in [1.29, 1.82) is 0 Å². The molecule has 102 valence electrons. The third-order valence-electron chi connectivity index (χ3n) is 2.75. The fourth-order valence-electron chi connectivity index (χ4n) is 1.92. The maximum Gasteiger partial charge on any atom is 0.219 e. The molecule has 0 bridgehead atoms. The standard InChI is InChI=1S/C13H21FNO2P/c1-3-4-11(2)9-18(16,17)10-15-13-7-5-12(14)6-8-13/h5-8,11,15H,3-4,9-10H2,1-2H3,(H,16,17). The molecule has 0 heterocycles. The predicted octanol–water partition coefficient (Wildman–Crippen LogP) is 3.90. The molecular formula is C13H21FNO2P. The highest BCUT2D eigenvalue weighted by atomic mass is 31.2. The predicted molar refractivity (Wildman–Crippen MR) is 73.7 cm³/mol. The third-order valence-corrected chi connectivity index (χ3v) is 4.60. The van der Waals surface area contributed by atoms with Gasteiger partial charge in [0.15, 0.2) is 0 Å². The molecular weight excluding hydrogens is 252 g/mol. The summed E-state index contributed by atoms with van der Waals surface area (Å²) in [5, 5.41) is 2.88. The van der Waals surface area contributed by atoms with E-state index in [1.165, 1.54) is 12.1 Å². The lowest BCUT2D eigenvalue weighted by atomic mass is 10.1. The number of halogens is 1. The van der Waals surface area contributed by atoms with Gasteiger partial charge in [0.05, 0.1) is 6.29 Å². The van der Waals surface area contributed by atoms with Crippen molar-refractivity contribution in [2.45, 2.75) is 26.7 Å². The van der Waals surface area contributed by atoms with Crippen LogP contribution in [0.4, 0.5) is 10.1 Å². The second-order valence-electron chi connectivity index (χ2n) is 4.76. The third kappa shape index (κ3) is 5.65. The summed E-state index contributed by atoms with van der Waals surface area (Å²) in [7, 11) is -3.16. The van der Waals surface area contributed by atoms with E-state index in [9.17, 15) is 13.8 Å². The molecule has 0 aliphatic carbocycles. The Kier molecular flexibility index (Phi) is 5.83. The van der Waals surface area contributed by atoms with Crippen LogP contribution < -0.4 is 5.32 Å². The Morgan fingerprint density at radius 1 is 1.39 bits per heavy atom. The lowest BCUT2D eigenvalue weighted by Gasteiger charge is -2.17. The fourth-order valence-corrected chi connectivity index (χ4v) is 3.63. The van der Waals surface area contributed by atoms with Crippen LogP contribution in [0, 0.1) is 11.7 Å². The van der Waals surface area contributed by atoms with Gasteiger partial charge in [-0.25, -0.2) is 4.39 Å². The normalized spacial score (nSPS) is 16.0. The number of rotatable bonds is 7. The number of hydrogen-bond acceptors (Lipinski definition) is 2. The van der Waals surface area contributed by atoms with Gasteiger partial charge in [0, 0.05) is 11.8 Å². The van der Waals surface area contributed by atoms with Crippen molar-refractivity contribution in [2.24, 2.45) is 5.92 Å². The summed E-state index contributed by atoms with van der Waals surface area (Å²) in [6.45, 7) is 4.06. The van der Waals surface area contributed by atoms with Gasteiger partial charge < -0.3 is 10.2 Å². The van der Waals surface area contributed by atoms with E-state index in [4.69, 9.17) is 0 Å². The molecule has 0 spiro atoms. The van der Waals surface area contributed by atoms with Crippen LogP contribution in [-0.2, 0) is 4.57 Å². The van der Waals surface area contributed by atoms with Gasteiger partial charge >= 0.3 is 0 Å². The minimum atomic E-state index is -3.16. The smallest absolute Gasteiger partial charge is 0.219 e. The van der Waals surface area contributed by atoms with Crippen LogP contribution in [0.25, 0.3) is 0 Å². The van der Waals surface area contributed by atoms with Gasteiger partial charge in [-0.05, 0) is 30.2 Å². The molecule has 2 unspecified atom stereocenters. The summed E-state index contributed by atoms with van der Waals surface area (Å²) in [6.07, 6.45) is 2.34. The van der Waals surface area contributed by atoms with E-state index in [0.29, 0.717) is 11.8 Å². The van der Waals surface area contributed by atoms with Crippen LogP contribution >= 0.6 is 7.37 Å². The van der Waals surface area contributed by atoms with E-state index in [1.807, 2.05) is 6.92 Å². The molecule has 0 saturated carbocycles. The maximum atomic E-state index is 12.7. The molecule has 0 radical (unpaired) electrons. The van der Waals surface area contributed by atoms with Crippen molar-refractivity contribution in [3.05, 3.63) is 30.1 Å². The second-order valence-corrected chi connectivity index (χ2v) is 7.14. The van der Waals surface area contributed by atoms with Crippen molar-refractivity contribution in [3.8, 4) is 0 Å². The molecule has 2 N–H and O–H groups in total. The Hall–Kier alpha value is -0.860. The highest BCUT2D eigenvalue weighted by molar-refractivity contribution is 7.58. The highest BCUT2D eigenvalue weighted by Crippen LogP contribution is 2.42. The number of nitrogens with one attached hydrogen (secondary N) is 1. The molecule has 0 fully saturated rings. The van der Waals surface area contributed by atoms with Crippen molar-refractivity contribution in [2.75, 3.05) is 17.8 Å². The molecule has 5 heteroatoms. The average Bonchev–Trinajstić information content (AvgIpc) is 2.28. The number of anilines is 1. The summed E-state index contributed by atoms with van der Waals surface area (Å²) in [5.74, 6) is -0.0647. The summed E-state index contributed by atoms with van der Waals surface area (Å²) in [6, 6.07) is 5.77. The summed E-state index contributed by atoms with van der Waals surface area (Å²) in [4.78, 5) is 9.85. The van der Waals surface area contributed by atoms with Crippen LogP contribution in [0.15, 0.2) is 24.3 Å². The fraction of sp³-hybridized carbons (Fsp3) is 0.538. The lowest BCUT2D eigenvalue weighted by molar-refractivity contribution is 0.460. The van der Waals surface area contributed by atoms with Crippen molar-refractivity contribution in [3.63, 3.8) is 0 Å². The number of hydrogen-bond donors (Lipinski definition) is 2. The van der Waals surface area contributed by atoms with E-state index in [1.54, 1.807) is 12.1 Å². The van der Waals surface area contributed by atoms with Gasteiger partial charge in [-0.2, -0.15) is 0 Å². The van der Waals surface area contributed by atoms with Gasteiger partial charge in [0.25, 0.3) is 0 Å². The Morgan fingerprint density at radius 3 is 2.56 bits per heavy atom. The van der Waals surface area contributed by atoms with Gasteiger partial charge in [-0.1, -0.05) is 26.7 Å². The van der Waals surface area contributed by atoms with E-state index < -0.39 is 7.37 Å². The molecule has 1 aromatic carbocycles. The second kappa shape index (κ2) is 6.91. The van der Waals surface area contributed by atoms with Gasteiger partial charge in [-0.3, -0.25) is 4.57 Å². The first kappa shape index (κ1) is 15.2. The van der Waals surface area contributed by atoms with E-state index in [-0.39, 0.29) is 18.0 Å². The molecule has 0 aliphatic heterocycles. The van der Waals surface area contributed by atoms with E-state index in [0.717, 1.165) is 12.8 Å². The van der Waals surface area contributed by atoms with Gasteiger partial charge in [0.1, 0.15) is 5.82 Å². The Bertz CT molecular complexity index is 408. The summed E-state index contributed by atoms with van der Waals surface area (Å²) < 4.78 is 24.6. The summed E-state index contributed by atoms with van der Waals surface area (Å²) in [5.41, 5.74) is 0.661. The first-order valence-corrected chi connectivity index (χ1v) is 8.26. The Balaban J connectivity index is 2.46.